The van der Waals surface area contributed by atoms with Gasteiger partial charge >= 0.3 is 0 Å². The number of carbonyl (C=O) groups excluding carboxylic acids is 1. The number of benzene rings is 1. The maximum absolute atomic E-state index is 11.6. The van der Waals surface area contributed by atoms with Gasteiger partial charge in [-0.3, -0.25) is 9.78 Å². The quantitative estimate of drug-likeness (QED) is 0.825. The van der Waals surface area contributed by atoms with E-state index < -0.39 is 6.04 Å². The molecule has 1 aromatic heterocycles. The molecule has 2 aromatic rings. The number of fused-ring (bicyclic) bond motifs is 1. The summed E-state index contributed by atoms with van der Waals surface area (Å²) in [5.41, 5.74) is 8.03. The Balaban J connectivity index is 2.49. The number of aromatic nitrogens is 1. The van der Waals surface area contributed by atoms with Crippen molar-refractivity contribution in [2.75, 3.05) is 5.32 Å². The highest BCUT2D eigenvalue weighted by molar-refractivity contribution is 6.02. The topological polar surface area (TPSA) is 68.0 Å². The van der Waals surface area contributed by atoms with Crippen LogP contribution in [0.25, 0.3) is 10.9 Å². The molecule has 0 spiro atoms. The Bertz CT molecular complexity index is 564. The number of hydrogen-bond acceptors (Lipinski definition) is 3. The summed E-state index contributed by atoms with van der Waals surface area (Å²) in [7, 11) is 0. The summed E-state index contributed by atoms with van der Waals surface area (Å²) < 4.78 is 0. The first-order chi connectivity index (χ1) is 8.08. The van der Waals surface area contributed by atoms with Gasteiger partial charge in [0.15, 0.2) is 0 Å². The van der Waals surface area contributed by atoms with Crippen LogP contribution in [0.1, 0.15) is 12.6 Å². The number of anilines is 1. The van der Waals surface area contributed by atoms with Crippen molar-refractivity contribution < 1.29 is 4.79 Å². The van der Waals surface area contributed by atoms with Gasteiger partial charge in [-0.05, 0) is 26.0 Å². The van der Waals surface area contributed by atoms with E-state index in [2.05, 4.69) is 10.3 Å². The predicted octanol–water partition coefficient (Wildman–Crippen LogP) is 1.83. The molecular weight excluding hydrogens is 214 g/mol. The molecule has 4 nitrogen and oxygen atoms in total. The van der Waals surface area contributed by atoms with Crippen LogP contribution in [0.15, 0.2) is 30.3 Å². The minimum absolute atomic E-state index is 0.194. The first-order valence-electron chi connectivity index (χ1n) is 5.51. The van der Waals surface area contributed by atoms with Crippen molar-refractivity contribution in [3.8, 4) is 0 Å². The predicted molar refractivity (Wildman–Crippen MR) is 68.8 cm³/mol. The van der Waals surface area contributed by atoms with Crippen molar-refractivity contribution in [1.29, 1.82) is 0 Å². The average molecular weight is 229 g/mol. The molecule has 0 radical (unpaired) electrons. The van der Waals surface area contributed by atoms with Crippen LogP contribution in [0, 0.1) is 6.92 Å². The molecule has 0 aliphatic rings. The van der Waals surface area contributed by atoms with Crippen LogP contribution in [0.3, 0.4) is 0 Å². The van der Waals surface area contributed by atoms with Crippen LogP contribution < -0.4 is 11.1 Å². The van der Waals surface area contributed by atoms with Crippen LogP contribution in [0.4, 0.5) is 5.69 Å². The molecule has 4 heteroatoms. The number of para-hydroxylation sites is 1. The molecule has 1 amide bonds. The van der Waals surface area contributed by atoms with Gasteiger partial charge in [0.05, 0.1) is 17.2 Å². The molecule has 0 saturated carbocycles. The van der Waals surface area contributed by atoms with Gasteiger partial charge in [-0.15, -0.1) is 0 Å². The van der Waals surface area contributed by atoms with Crippen molar-refractivity contribution >= 4 is 22.5 Å². The SMILES string of the molecule is Cc1cc(NC(=O)[C@@H](C)N)c2ccccc2n1. The number of amides is 1. The fraction of sp³-hybridized carbons (Fsp3) is 0.231. The standard InChI is InChI=1S/C13H15N3O/c1-8-7-12(16-13(17)9(2)14)10-5-3-4-6-11(10)15-8/h3-7,9H,14H2,1-2H3,(H,15,16,17)/t9-/m1/s1. The summed E-state index contributed by atoms with van der Waals surface area (Å²) in [6, 6.07) is 9.01. The average Bonchev–Trinajstić information content (AvgIpc) is 2.28. The second kappa shape index (κ2) is 4.51. The van der Waals surface area contributed by atoms with Crippen molar-refractivity contribution in [3.63, 3.8) is 0 Å². The number of carbonyl (C=O) groups is 1. The van der Waals surface area contributed by atoms with E-state index in [4.69, 9.17) is 5.73 Å². The molecule has 2 rings (SSSR count). The molecule has 88 valence electrons. The molecule has 17 heavy (non-hydrogen) atoms. The number of hydrogen-bond donors (Lipinski definition) is 2. The summed E-state index contributed by atoms with van der Waals surface area (Å²) in [5, 5.41) is 3.74. The molecule has 0 saturated heterocycles. The third-order valence-corrected chi connectivity index (χ3v) is 2.52. The fourth-order valence-electron chi connectivity index (χ4n) is 1.66. The zero-order valence-corrected chi connectivity index (χ0v) is 9.90. The lowest BCUT2D eigenvalue weighted by atomic mass is 10.1. The van der Waals surface area contributed by atoms with Crippen LogP contribution in [-0.2, 0) is 4.79 Å². The maximum Gasteiger partial charge on any atom is 0.241 e. The van der Waals surface area contributed by atoms with Crippen LogP contribution >= 0.6 is 0 Å². The molecule has 0 aliphatic heterocycles. The van der Waals surface area contributed by atoms with E-state index >= 15 is 0 Å². The van der Waals surface area contributed by atoms with Gasteiger partial charge in [0, 0.05) is 11.1 Å². The molecule has 1 atom stereocenters. The second-order valence-corrected chi connectivity index (χ2v) is 4.11. The third-order valence-electron chi connectivity index (χ3n) is 2.52. The Hall–Kier alpha value is -1.94. The fourth-order valence-corrected chi connectivity index (χ4v) is 1.66. The van der Waals surface area contributed by atoms with E-state index in [1.54, 1.807) is 6.92 Å². The van der Waals surface area contributed by atoms with Crippen molar-refractivity contribution in [2.45, 2.75) is 19.9 Å². The largest absolute Gasteiger partial charge is 0.324 e. The highest BCUT2D eigenvalue weighted by atomic mass is 16.2. The van der Waals surface area contributed by atoms with E-state index in [0.717, 1.165) is 22.3 Å². The van der Waals surface area contributed by atoms with Gasteiger partial charge in [0.25, 0.3) is 0 Å². The summed E-state index contributed by atoms with van der Waals surface area (Å²) >= 11 is 0. The molecular formula is C13H15N3O. The first-order valence-corrected chi connectivity index (χ1v) is 5.51. The molecule has 0 fully saturated rings. The van der Waals surface area contributed by atoms with Crippen LogP contribution in [0.2, 0.25) is 0 Å². The lowest BCUT2D eigenvalue weighted by Crippen LogP contribution is -2.32. The highest BCUT2D eigenvalue weighted by Crippen LogP contribution is 2.22. The highest BCUT2D eigenvalue weighted by Gasteiger charge is 2.10. The summed E-state index contributed by atoms with van der Waals surface area (Å²) in [6.07, 6.45) is 0. The summed E-state index contributed by atoms with van der Waals surface area (Å²) in [4.78, 5) is 16.0. The van der Waals surface area contributed by atoms with E-state index in [1.165, 1.54) is 0 Å². The van der Waals surface area contributed by atoms with Gasteiger partial charge < -0.3 is 11.1 Å². The molecule has 1 heterocycles. The lowest BCUT2D eigenvalue weighted by molar-refractivity contribution is -0.117. The Kier molecular flexibility index (Phi) is 3.06. The Morgan fingerprint density at radius 3 is 2.82 bits per heavy atom. The van der Waals surface area contributed by atoms with Crippen molar-refractivity contribution in [1.82, 2.24) is 4.98 Å². The van der Waals surface area contributed by atoms with Crippen molar-refractivity contribution in [3.05, 3.63) is 36.0 Å². The Labute approximate surface area is 99.8 Å². The summed E-state index contributed by atoms with van der Waals surface area (Å²) in [5.74, 6) is -0.194. The zero-order valence-electron chi connectivity index (χ0n) is 9.90. The van der Waals surface area contributed by atoms with Gasteiger partial charge in [-0.1, -0.05) is 18.2 Å². The van der Waals surface area contributed by atoms with Crippen LogP contribution in [0.5, 0.6) is 0 Å². The van der Waals surface area contributed by atoms with Crippen LogP contribution in [-0.4, -0.2) is 16.9 Å². The Morgan fingerprint density at radius 2 is 2.12 bits per heavy atom. The smallest absolute Gasteiger partial charge is 0.241 e. The minimum atomic E-state index is -0.526. The van der Waals surface area contributed by atoms with E-state index in [1.807, 2.05) is 37.3 Å². The number of nitrogens with zero attached hydrogens (tertiary/aromatic N) is 1. The molecule has 3 N–H and O–H groups in total. The van der Waals surface area contributed by atoms with Gasteiger partial charge in [0.2, 0.25) is 5.91 Å². The van der Waals surface area contributed by atoms with Crippen molar-refractivity contribution in [2.24, 2.45) is 5.73 Å². The number of nitrogens with one attached hydrogen (secondary N) is 1. The lowest BCUT2D eigenvalue weighted by Gasteiger charge is -2.11. The number of aryl methyl sites for hydroxylation is 1. The second-order valence-electron chi connectivity index (χ2n) is 4.11. The number of pyridine rings is 1. The number of nitrogens with two attached hydrogens (primary N) is 1. The van der Waals surface area contributed by atoms with Gasteiger partial charge in [-0.2, -0.15) is 0 Å². The maximum atomic E-state index is 11.6. The molecule has 0 bridgehead atoms. The summed E-state index contributed by atoms with van der Waals surface area (Å²) in [6.45, 7) is 3.56. The molecule has 0 aliphatic carbocycles. The first kappa shape index (κ1) is 11.5. The zero-order chi connectivity index (χ0) is 12.4. The van der Waals surface area contributed by atoms with Gasteiger partial charge in [-0.25, -0.2) is 0 Å². The van der Waals surface area contributed by atoms with E-state index in [0.29, 0.717) is 0 Å². The Morgan fingerprint density at radius 1 is 1.41 bits per heavy atom. The molecule has 0 unspecified atom stereocenters. The monoisotopic (exact) mass is 229 g/mol. The van der Waals surface area contributed by atoms with Gasteiger partial charge in [0.1, 0.15) is 0 Å². The van der Waals surface area contributed by atoms with E-state index in [9.17, 15) is 4.79 Å². The normalized spacial score (nSPS) is 12.4. The molecule has 1 aromatic carbocycles. The third kappa shape index (κ3) is 2.42. The van der Waals surface area contributed by atoms with E-state index in [-0.39, 0.29) is 5.91 Å². The number of rotatable bonds is 2. The minimum Gasteiger partial charge on any atom is -0.324 e.